The Balaban J connectivity index is 2.56. The van der Waals surface area contributed by atoms with E-state index < -0.39 is 0 Å². The van der Waals surface area contributed by atoms with Crippen molar-refractivity contribution in [2.45, 2.75) is 6.92 Å². The van der Waals surface area contributed by atoms with Gasteiger partial charge in [0.15, 0.2) is 0 Å². The molecule has 1 aromatic heterocycles. The highest BCUT2D eigenvalue weighted by atomic mass is 16.5. The van der Waals surface area contributed by atoms with Crippen LogP contribution in [0.25, 0.3) is 11.1 Å². The first-order valence-corrected chi connectivity index (χ1v) is 5.25. The van der Waals surface area contributed by atoms with E-state index in [0.29, 0.717) is 11.3 Å². The fourth-order valence-electron chi connectivity index (χ4n) is 1.70. The average Bonchev–Trinajstić information content (AvgIpc) is 2.38. The lowest BCUT2D eigenvalue weighted by Gasteiger charge is -2.06. The van der Waals surface area contributed by atoms with E-state index in [2.05, 4.69) is 11.1 Å². The highest BCUT2D eigenvalue weighted by Gasteiger charge is 2.06. The van der Waals surface area contributed by atoms with Crippen LogP contribution >= 0.6 is 0 Å². The maximum absolute atomic E-state index is 9.14. The van der Waals surface area contributed by atoms with Gasteiger partial charge in [-0.05, 0) is 36.8 Å². The molecule has 0 atom stereocenters. The van der Waals surface area contributed by atoms with Crippen LogP contribution in [0, 0.1) is 18.3 Å². The smallest absolute Gasteiger partial charge is 0.120 e. The number of pyridine rings is 1. The molecule has 0 unspecified atom stereocenters. The summed E-state index contributed by atoms with van der Waals surface area (Å²) < 4.78 is 5.10. The molecule has 0 aliphatic carbocycles. The third-order valence-electron chi connectivity index (χ3n) is 2.53. The largest absolute Gasteiger partial charge is 0.497 e. The quantitative estimate of drug-likeness (QED) is 0.787. The Kier molecular flexibility index (Phi) is 3.06. The molecule has 0 aliphatic rings. The van der Waals surface area contributed by atoms with Crippen LogP contribution in [0.4, 0.5) is 0 Å². The first kappa shape index (κ1) is 11.2. The van der Waals surface area contributed by atoms with Crippen LogP contribution in [0.5, 0.6) is 5.75 Å². The molecule has 0 saturated heterocycles. The van der Waals surface area contributed by atoms with Crippen molar-refractivity contribution >= 4 is 0 Å². The zero-order valence-corrected chi connectivity index (χ0v) is 9.77. The third kappa shape index (κ3) is 2.26. The van der Waals surface area contributed by atoms with Crippen molar-refractivity contribution in [1.82, 2.24) is 4.98 Å². The second-order valence-corrected chi connectivity index (χ2v) is 3.77. The summed E-state index contributed by atoms with van der Waals surface area (Å²) in [5, 5.41) is 9.14. The Morgan fingerprint density at radius 2 is 2.06 bits per heavy atom. The van der Waals surface area contributed by atoms with Gasteiger partial charge in [0.25, 0.3) is 0 Å². The Hall–Kier alpha value is -2.34. The Bertz CT molecular complexity index is 585. The minimum absolute atomic E-state index is 0.594. The molecule has 0 fully saturated rings. The number of nitriles is 1. The molecule has 3 heteroatoms. The summed E-state index contributed by atoms with van der Waals surface area (Å²) in [6, 6.07) is 9.65. The number of rotatable bonds is 2. The Labute approximate surface area is 100 Å². The van der Waals surface area contributed by atoms with Crippen molar-refractivity contribution in [3.8, 4) is 22.9 Å². The van der Waals surface area contributed by atoms with Gasteiger partial charge in [-0.15, -0.1) is 0 Å². The maximum Gasteiger partial charge on any atom is 0.120 e. The normalized spacial score (nSPS) is 9.71. The Morgan fingerprint density at radius 3 is 2.71 bits per heavy atom. The molecule has 0 amide bonds. The fraction of sp³-hybridized carbons (Fsp3) is 0.143. The van der Waals surface area contributed by atoms with Gasteiger partial charge in [0.2, 0.25) is 0 Å². The average molecular weight is 224 g/mol. The lowest BCUT2D eigenvalue weighted by molar-refractivity contribution is 0.414. The molecule has 0 radical (unpaired) electrons. The molecule has 2 aromatic rings. The molecule has 17 heavy (non-hydrogen) atoms. The molecule has 84 valence electrons. The topological polar surface area (TPSA) is 45.9 Å². The van der Waals surface area contributed by atoms with Crippen molar-refractivity contribution < 1.29 is 4.74 Å². The first-order valence-electron chi connectivity index (χ1n) is 5.25. The molecule has 2 rings (SSSR count). The molecular weight excluding hydrogens is 212 g/mol. The van der Waals surface area contributed by atoms with E-state index in [-0.39, 0.29) is 0 Å². The summed E-state index contributed by atoms with van der Waals surface area (Å²) >= 11 is 0. The van der Waals surface area contributed by atoms with Crippen molar-refractivity contribution in [3.63, 3.8) is 0 Å². The molecule has 0 bridgehead atoms. The maximum atomic E-state index is 9.14. The van der Waals surface area contributed by atoms with E-state index in [1.807, 2.05) is 25.1 Å². The standard InChI is InChI=1S/C14H12N2O/c1-10-5-12(9-16-8-10)14-4-3-13(17-2)6-11(14)7-15/h3-6,8-9H,1-2H3. The van der Waals surface area contributed by atoms with E-state index in [9.17, 15) is 0 Å². The monoisotopic (exact) mass is 224 g/mol. The number of nitrogens with zero attached hydrogens (tertiary/aromatic N) is 2. The number of methoxy groups -OCH3 is 1. The molecule has 0 saturated carbocycles. The van der Waals surface area contributed by atoms with Crippen LogP contribution in [0.15, 0.2) is 36.7 Å². The van der Waals surface area contributed by atoms with Crippen LogP contribution in [-0.4, -0.2) is 12.1 Å². The van der Waals surface area contributed by atoms with Crippen LogP contribution < -0.4 is 4.74 Å². The first-order chi connectivity index (χ1) is 8.24. The van der Waals surface area contributed by atoms with Gasteiger partial charge in [-0.1, -0.05) is 0 Å². The number of hydrogen-bond donors (Lipinski definition) is 0. The van der Waals surface area contributed by atoms with Gasteiger partial charge < -0.3 is 4.74 Å². The summed E-state index contributed by atoms with van der Waals surface area (Å²) in [5.74, 6) is 0.686. The summed E-state index contributed by atoms with van der Waals surface area (Å²) in [6.45, 7) is 1.98. The molecule has 1 heterocycles. The number of benzene rings is 1. The number of aromatic nitrogens is 1. The Morgan fingerprint density at radius 1 is 1.24 bits per heavy atom. The van der Waals surface area contributed by atoms with E-state index in [4.69, 9.17) is 10.00 Å². The van der Waals surface area contributed by atoms with Crippen molar-refractivity contribution in [1.29, 1.82) is 5.26 Å². The van der Waals surface area contributed by atoms with E-state index in [1.54, 1.807) is 25.6 Å². The van der Waals surface area contributed by atoms with Crippen LogP contribution in [0.1, 0.15) is 11.1 Å². The van der Waals surface area contributed by atoms with Crippen LogP contribution in [-0.2, 0) is 0 Å². The predicted octanol–water partition coefficient (Wildman–Crippen LogP) is 2.94. The van der Waals surface area contributed by atoms with Crippen LogP contribution in [0.2, 0.25) is 0 Å². The SMILES string of the molecule is COc1ccc(-c2cncc(C)c2)c(C#N)c1. The van der Waals surface area contributed by atoms with E-state index in [1.165, 1.54) is 0 Å². The zero-order valence-electron chi connectivity index (χ0n) is 9.77. The third-order valence-corrected chi connectivity index (χ3v) is 2.53. The van der Waals surface area contributed by atoms with Gasteiger partial charge in [-0.2, -0.15) is 5.26 Å². The summed E-state index contributed by atoms with van der Waals surface area (Å²) in [4.78, 5) is 4.14. The molecule has 1 aromatic carbocycles. The molecule has 0 spiro atoms. The summed E-state index contributed by atoms with van der Waals surface area (Å²) in [7, 11) is 1.59. The molecule has 3 nitrogen and oxygen atoms in total. The highest BCUT2D eigenvalue weighted by Crippen LogP contribution is 2.26. The lowest BCUT2D eigenvalue weighted by Crippen LogP contribution is -1.89. The fourth-order valence-corrected chi connectivity index (χ4v) is 1.70. The van der Waals surface area contributed by atoms with Gasteiger partial charge in [-0.3, -0.25) is 4.98 Å². The van der Waals surface area contributed by atoms with Gasteiger partial charge >= 0.3 is 0 Å². The van der Waals surface area contributed by atoms with E-state index in [0.717, 1.165) is 16.7 Å². The van der Waals surface area contributed by atoms with Gasteiger partial charge in [0, 0.05) is 23.5 Å². The minimum Gasteiger partial charge on any atom is -0.497 e. The lowest BCUT2D eigenvalue weighted by atomic mass is 10.0. The van der Waals surface area contributed by atoms with Gasteiger partial charge in [-0.25, -0.2) is 0 Å². The van der Waals surface area contributed by atoms with Crippen molar-refractivity contribution in [2.75, 3.05) is 7.11 Å². The summed E-state index contributed by atoms with van der Waals surface area (Å²) in [5.41, 5.74) is 3.49. The molecular formula is C14H12N2O. The second kappa shape index (κ2) is 4.67. The van der Waals surface area contributed by atoms with E-state index >= 15 is 0 Å². The molecule has 0 aliphatic heterocycles. The van der Waals surface area contributed by atoms with Crippen molar-refractivity contribution in [3.05, 3.63) is 47.8 Å². The zero-order chi connectivity index (χ0) is 12.3. The van der Waals surface area contributed by atoms with Crippen LogP contribution in [0.3, 0.4) is 0 Å². The minimum atomic E-state index is 0.594. The number of ether oxygens (including phenoxy) is 1. The van der Waals surface area contributed by atoms with Gasteiger partial charge in [0.1, 0.15) is 5.75 Å². The van der Waals surface area contributed by atoms with Crippen molar-refractivity contribution in [2.24, 2.45) is 0 Å². The highest BCUT2D eigenvalue weighted by molar-refractivity contribution is 5.71. The number of hydrogen-bond acceptors (Lipinski definition) is 3. The predicted molar refractivity (Wildman–Crippen MR) is 65.7 cm³/mol. The molecule has 0 N–H and O–H groups in total. The van der Waals surface area contributed by atoms with Gasteiger partial charge in [0.05, 0.1) is 18.7 Å². The summed E-state index contributed by atoms with van der Waals surface area (Å²) in [6.07, 6.45) is 3.55. The number of aryl methyl sites for hydroxylation is 1. The second-order valence-electron chi connectivity index (χ2n) is 3.77.